The number of hydrogen-bond acceptors (Lipinski definition) is 2. The molecular formula is C17H25N3O2. The van der Waals surface area contributed by atoms with E-state index < -0.39 is 0 Å². The summed E-state index contributed by atoms with van der Waals surface area (Å²) in [7, 11) is 0. The Hall–Kier alpha value is -2.04. The lowest BCUT2D eigenvalue weighted by atomic mass is 10.00. The van der Waals surface area contributed by atoms with Gasteiger partial charge >= 0.3 is 6.03 Å². The van der Waals surface area contributed by atoms with Crippen LogP contribution in [0.2, 0.25) is 0 Å². The van der Waals surface area contributed by atoms with E-state index in [1.807, 2.05) is 36.9 Å². The van der Waals surface area contributed by atoms with Crippen LogP contribution in [0.5, 0.6) is 0 Å². The summed E-state index contributed by atoms with van der Waals surface area (Å²) in [5.74, 6) is 0.657. The first-order valence-electron chi connectivity index (χ1n) is 7.96. The maximum Gasteiger partial charge on any atom is 0.321 e. The second-order valence-electron chi connectivity index (χ2n) is 6.03. The second kappa shape index (κ2) is 7.29. The number of nitrogens with zero attached hydrogens (tertiary/aromatic N) is 1. The number of nitrogens with one attached hydrogen (secondary N) is 2. The fourth-order valence-corrected chi connectivity index (χ4v) is 2.49. The molecule has 5 heteroatoms. The summed E-state index contributed by atoms with van der Waals surface area (Å²) in [4.78, 5) is 25.7. The normalized spacial score (nSPS) is 15.5. The van der Waals surface area contributed by atoms with Gasteiger partial charge in [0.15, 0.2) is 0 Å². The first-order chi connectivity index (χ1) is 10.5. The Morgan fingerprint density at radius 1 is 1.23 bits per heavy atom. The van der Waals surface area contributed by atoms with Crippen LogP contribution in [0.25, 0.3) is 0 Å². The summed E-state index contributed by atoms with van der Waals surface area (Å²) in [5, 5.41) is 5.78. The largest absolute Gasteiger partial charge is 0.326 e. The van der Waals surface area contributed by atoms with E-state index in [2.05, 4.69) is 17.6 Å². The summed E-state index contributed by atoms with van der Waals surface area (Å²) in [6.45, 7) is 7.58. The number of anilines is 2. The highest BCUT2D eigenvalue weighted by Gasteiger charge is 2.20. The Morgan fingerprint density at radius 2 is 1.91 bits per heavy atom. The summed E-state index contributed by atoms with van der Waals surface area (Å²) in [6.07, 6.45) is 2.54. The first kappa shape index (κ1) is 16.3. The third-order valence-corrected chi connectivity index (χ3v) is 4.15. The molecule has 0 bridgehead atoms. The van der Waals surface area contributed by atoms with Crippen molar-refractivity contribution >= 4 is 23.3 Å². The third-order valence-electron chi connectivity index (χ3n) is 4.15. The van der Waals surface area contributed by atoms with Gasteiger partial charge in [0.05, 0.1) is 0 Å². The van der Waals surface area contributed by atoms with Gasteiger partial charge in [-0.1, -0.05) is 19.9 Å². The van der Waals surface area contributed by atoms with Crippen LogP contribution in [0.4, 0.5) is 16.2 Å². The van der Waals surface area contributed by atoms with Crippen molar-refractivity contribution in [3.8, 4) is 0 Å². The van der Waals surface area contributed by atoms with E-state index in [-0.39, 0.29) is 11.9 Å². The average molecular weight is 303 g/mol. The van der Waals surface area contributed by atoms with Crippen molar-refractivity contribution in [2.75, 3.05) is 23.7 Å². The second-order valence-corrected chi connectivity index (χ2v) is 6.03. The van der Waals surface area contributed by atoms with Gasteiger partial charge in [0.2, 0.25) is 5.91 Å². The van der Waals surface area contributed by atoms with E-state index in [9.17, 15) is 9.59 Å². The molecule has 0 radical (unpaired) electrons. The fraction of sp³-hybridized carbons (Fsp3) is 0.529. The van der Waals surface area contributed by atoms with Crippen molar-refractivity contribution in [2.45, 2.75) is 40.0 Å². The molecule has 1 heterocycles. The molecule has 0 atom stereocenters. The molecule has 0 saturated carbocycles. The monoisotopic (exact) mass is 303 g/mol. The van der Waals surface area contributed by atoms with Crippen molar-refractivity contribution in [2.24, 2.45) is 5.92 Å². The average Bonchev–Trinajstić information content (AvgIpc) is 2.51. The van der Waals surface area contributed by atoms with E-state index in [0.29, 0.717) is 18.0 Å². The molecule has 0 aromatic heterocycles. The van der Waals surface area contributed by atoms with Crippen LogP contribution < -0.4 is 10.6 Å². The molecule has 0 spiro atoms. The molecule has 0 unspecified atom stereocenters. The Bertz CT molecular complexity index is 549. The van der Waals surface area contributed by atoms with Crippen LogP contribution in [0.1, 0.15) is 38.7 Å². The molecule has 1 saturated heterocycles. The maximum absolute atomic E-state index is 12.3. The zero-order valence-corrected chi connectivity index (χ0v) is 13.6. The van der Waals surface area contributed by atoms with Crippen molar-refractivity contribution in [1.82, 2.24) is 4.90 Å². The van der Waals surface area contributed by atoms with E-state index in [1.54, 1.807) is 0 Å². The fourth-order valence-electron chi connectivity index (χ4n) is 2.49. The van der Waals surface area contributed by atoms with Crippen molar-refractivity contribution in [3.05, 3.63) is 23.8 Å². The molecule has 1 aromatic rings. The highest BCUT2D eigenvalue weighted by Crippen LogP contribution is 2.22. The van der Waals surface area contributed by atoms with Crippen molar-refractivity contribution < 1.29 is 9.59 Å². The molecule has 2 rings (SSSR count). The Labute approximate surface area is 132 Å². The quantitative estimate of drug-likeness (QED) is 0.896. The molecule has 1 aliphatic rings. The van der Waals surface area contributed by atoms with Crippen molar-refractivity contribution in [3.63, 3.8) is 0 Å². The van der Waals surface area contributed by atoms with E-state index in [1.165, 1.54) is 0 Å². The van der Waals surface area contributed by atoms with E-state index >= 15 is 0 Å². The third kappa shape index (κ3) is 4.23. The number of carbonyl (C=O) groups excluding carboxylic acids is 2. The van der Waals surface area contributed by atoms with E-state index in [4.69, 9.17) is 0 Å². The molecule has 1 aromatic carbocycles. The molecule has 3 amide bonds. The molecule has 120 valence electrons. The Balaban J connectivity index is 2.03. The number of carbonyl (C=O) groups is 2. The SMILES string of the molecule is CCC(=O)Nc1ccc(C)c(NC(=O)N2CCC(C)CC2)c1. The minimum absolute atomic E-state index is 0.0360. The van der Waals surface area contributed by atoms with Gasteiger partial charge in [0, 0.05) is 30.9 Å². The van der Waals surface area contributed by atoms with Gasteiger partial charge in [-0.05, 0) is 43.4 Å². The number of aryl methyl sites for hydroxylation is 1. The van der Waals surface area contributed by atoms with Gasteiger partial charge in [-0.3, -0.25) is 4.79 Å². The number of rotatable bonds is 3. The molecule has 0 aliphatic carbocycles. The number of piperidine rings is 1. The van der Waals surface area contributed by atoms with Gasteiger partial charge in [-0.25, -0.2) is 4.79 Å². The maximum atomic E-state index is 12.3. The number of amides is 3. The molecule has 1 fully saturated rings. The topological polar surface area (TPSA) is 61.4 Å². The van der Waals surface area contributed by atoms with Crippen LogP contribution in [-0.2, 0) is 4.79 Å². The molecule has 22 heavy (non-hydrogen) atoms. The smallest absolute Gasteiger partial charge is 0.321 e. The van der Waals surface area contributed by atoms with Gasteiger partial charge in [-0.15, -0.1) is 0 Å². The number of likely N-dealkylation sites (tertiary alicyclic amines) is 1. The summed E-state index contributed by atoms with van der Waals surface area (Å²) in [6, 6.07) is 5.50. The highest BCUT2D eigenvalue weighted by atomic mass is 16.2. The lowest BCUT2D eigenvalue weighted by Crippen LogP contribution is -2.40. The van der Waals surface area contributed by atoms with Crippen LogP contribution in [0, 0.1) is 12.8 Å². The van der Waals surface area contributed by atoms with Gasteiger partial charge in [0.1, 0.15) is 0 Å². The Morgan fingerprint density at radius 3 is 2.55 bits per heavy atom. The van der Waals surface area contributed by atoms with Gasteiger partial charge in [-0.2, -0.15) is 0 Å². The van der Waals surface area contributed by atoms with Crippen LogP contribution in [0.3, 0.4) is 0 Å². The minimum atomic E-state index is -0.0611. The summed E-state index contributed by atoms with van der Waals surface area (Å²) in [5.41, 5.74) is 2.44. The standard InChI is InChI=1S/C17H25N3O2/c1-4-16(21)18-14-6-5-13(3)15(11-14)19-17(22)20-9-7-12(2)8-10-20/h5-6,11-12H,4,7-10H2,1-3H3,(H,18,21)(H,19,22). The summed E-state index contributed by atoms with van der Waals surface area (Å²) >= 11 is 0. The highest BCUT2D eigenvalue weighted by molar-refractivity contribution is 5.94. The zero-order chi connectivity index (χ0) is 16.1. The lowest BCUT2D eigenvalue weighted by molar-refractivity contribution is -0.115. The van der Waals surface area contributed by atoms with E-state index in [0.717, 1.165) is 37.2 Å². The minimum Gasteiger partial charge on any atom is -0.326 e. The lowest BCUT2D eigenvalue weighted by Gasteiger charge is -2.30. The van der Waals surface area contributed by atoms with Crippen molar-refractivity contribution in [1.29, 1.82) is 0 Å². The molecule has 2 N–H and O–H groups in total. The zero-order valence-electron chi connectivity index (χ0n) is 13.6. The predicted molar refractivity (Wildman–Crippen MR) is 89.1 cm³/mol. The molecule has 5 nitrogen and oxygen atoms in total. The number of urea groups is 1. The summed E-state index contributed by atoms with van der Waals surface area (Å²) < 4.78 is 0. The first-order valence-corrected chi connectivity index (χ1v) is 7.96. The van der Waals surface area contributed by atoms with Crippen LogP contribution >= 0.6 is 0 Å². The number of benzene rings is 1. The Kier molecular flexibility index (Phi) is 5.41. The van der Waals surface area contributed by atoms with Crippen LogP contribution in [-0.4, -0.2) is 29.9 Å². The van der Waals surface area contributed by atoms with Gasteiger partial charge < -0.3 is 15.5 Å². The number of hydrogen-bond donors (Lipinski definition) is 2. The van der Waals surface area contributed by atoms with Crippen LogP contribution in [0.15, 0.2) is 18.2 Å². The van der Waals surface area contributed by atoms with Gasteiger partial charge in [0.25, 0.3) is 0 Å². The predicted octanol–water partition coefficient (Wildman–Crippen LogP) is 3.61. The molecular weight excluding hydrogens is 278 g/mol. The molecule has 1 aliphatic heterocycles.